The summed E-state index contributed by atoms with van der Waals surface area (Å²) in [6, 6.07) is 9.10. The molecular weight excluding hydrogens is 340 g/mol. The Labute approximate surface area is 159 Å². The summed E-state index contributed by atoms with van der Waals surface area (Å²) < 4.78 is 11.4. The normalized spacial score (nSPS) is 32.1. The van der Waals surface area contributed by atoms with Gasteiger partial charge in [0.05, 0.1) is 5.56 Å². The van der Waals surface area contributed by atoms with E-state index in [-0.39, 0.29) is 35.3 Å². The standard InChI is InChI=1S/C23H24O4/c1-13-10-17-11-19-18(14(2)21(24)26-19)12-23(17,4)15(3)20(13)27-22(25)16-8-6-5-7-9-16/h5-11,13,15,20H,12H2,1-4H3/t13-,15+,20+,23-/m1/s1. The van der Waals surface area contributed by atoms with E-state index in [9.17, 15) is 9.59 Å². The monoisotopic (exact) mass is 364 g/mol. The van der Waals surface area contributed by atoms with E-state index in [2.05, 4.69) is 26.8 Å². The number of hydrogen-bond acceptors (Lipinski definition) is 4. The molecule has 0 fully saturated rings. The number of allylic oxidation sites excluding steroid dienone is 3. The summed E-state index contributed by atoms with van der Waals surface area (Å²) in [5, 5.41) is 0. The molecule has 1 aromatic rings. The van der Waals surface area contributed by atoms with Crippen molar-refractivity contribution in [3.63, 3.8) is 0 Å². The van der Waals surface area contributed by atoms with Crippen molar-refractivity contribution in [3.05, 3.63) is 70.5 Å². The largest absolute Gasteiger partial charge is 0.458 e. The highest BCUT2D eigenvalue weighted by molar-refractivity contribution is 5.94. The lowest BCUT2D eigenvalue weighted by molar-refractivity contribution is -0.133. The maximum atomic E-state index is 12.6. The van der Waals surface area contributed by atoms with E-state index >= 15 is 0 Å². The van der Waals surface area contributed by atoms with Crippen LogP contribution in [0.2, 0.25) is 0 Å². The van der Waals surface area contributed by atoms with E-state index in [1.165, 1.54) is 0 Å². The molecule has 1 aromatic carbocycles. The first-order chi connectivity index (χ1) is 12.8. The Balaban J connectivity index is 1.66. The summed E-state index contributed by atoms with van der Waals surface area (Å²) in [5.41, 5.74) is 3.19. The van der Waals surface area contributed by atoms with Crippen LogP contribution in [0, 0.1) is 17.3 Å². The van der Waals surface area contributed by atoms with Crippen molar-refractivity contribution in [2.45, 2.75) is 40.2 Å². The molecule has 0 aromatic heterocycles. The van der Waals surface area contributed by atoms with Crippen molar-refractivity contribution in [1.29, 1.82) is 0 Å². The number of esters is 2. The van der Waals surface area contributed by atoms with Gasteiger partial charge in [-0.05, 0) is 37.1 Å². The van der Waals surface area contributed by atoms with E-state index in [1.807, 2.05) is 31.2 Å². The lowest BCUT2D eigenvalue weighted by Gasteiger charge is -2.48. The van der Waals surface area contributed by atoms with Gasteiger partial charge in [-0.1, -0.05) is 45.0 Å². The summed E-state index contributed by atoms with van der Waals surface area (Å²) >= 11 is 0. The topological polar surface area (TPSA) is 52.6 Å². The van der Waals surface area contributed by atoms with E-state index in [1.54, 1.807) is 12.1 Å². The fourth-order valence-electron chi connectivity index (χ4n) is 4.49. The zero-order valence-electron chi connectivity index (χ0n) is 16.1. The summed E-state index contributed by atoms with van der Waals surface area (Å²) in [6.45, 7) is 8.22. The molecule has 0 saturated carbocycles. The number of fused-ring (bicyclic) bond motifs is 2. The lowest BCUT2D eigenvalue weighted by atomic mass is 9.58. The maximum absolute atomic E-state index is 12.6. The third-order valence-corrected chi connectivity index (χ3v) is 6.46. The van der Waals surface area contributed by atoms with E-state index in [0.29, 0.717) is 16.9 Å². The number of ether oxygens (including phenoxy) is 2. The van der Waals surface area contributed by atoms with Crippen LogP contribution in [-0.4, -0.2) is 18.0 Å². The van der Waals surface area contributed by atoms with Crippen molar-refractivity contribution in [2.24, 2.45) is 17.3 Å². The molecule has 0 bridgehead atoms. The van der Waals surface area contributed by atoms with Gasteiger partial charge in [0.2, 0.25) is 0 Å². The maximum Gasteiger partial charge on any atom is 0.339 e. The molecule has 27 heavy (non-hydrogen) atoms. The van der Waals surface area contributed by atoms with Crippen LogP contribution in [0.3, 0.4) is 0 Å². The highest BCUT2D eigenvalue weighted by Gasteiger charge is 2.49. The molecule has 4 atom stereocenters. The molecule has 2 aliphatic carbocycles. The molecule has 0 spiro atoms. The number of rotatable bonds is 2. The molecule has 4 heteroatoms. The summed E-state index contributed by atoms with van der Waals surface area (Å²) in [5.74, 6) is 0.319. The number of benzene rings is 1. The Kier molecular flexibility index (Phi) is 4.10. The molecule has 0 unspecified atom stereocenters. The Morgan fingerprint density at radius 1 is 1.22 bits per heavy atom. The van der Waals surface area contributed by atoms with Gasteiger partial charge in [0.25, 0.3) is 0 Å². The second-order valence-corrected chi connectivity index (χ2v) is 8.10. The van der Waals surface area contributed by atoms with Crippen LogP contribution in [-0.2, 0) is 14.3 Å². The van der Waals surface area contributed by atoms with Crippen molar-refractivity contribution in [2.75, 3.05) is 0 Å². The van der Waals surface area contributed by atoms with Crippen LogP contribution in [0.5, 0.6) is 0 Å². The van der Waals surface area contributed by atoms with Gasteiger partial charge in [0.1, 0.15) is 11.9 Å². The van der Waals surface area contributed by atoms with Gasteiger partial charge in [0, 0.05) is 28.4 Å². The first-order valence-electron chi connectivity index (χ1n) is 9.43. The second kappa shape index (κ2) is 6.22. The average Bonchev–Trinajstić information content (AvgIpc) is 2.92. The second-order valence-electron chi connectivity index (χ2n) is 8.10. The SMILES string of the molecule is CC1=C2C[C@@]3(C)C(=C[C@@H](C)[C@H](OC(=O)c4ccccc4)[C@@H]3C)C=C2OC1=O. The van der Waals surface area contributed by atoms with Crippen LogP contribution < -0.4 is 0 Å². The fraction of sp³-hybridized carbons (Fsp3) is 0.391. The minimum Gasteiger partial charge on any atom is -0.458 e. The molecule has 0 radical (unpaired) electrons. The van der Waals surface area contributed by atoms with Crippen molar-refractivity contribution in [1.82, 2.24) is 0 Å². The minimum absolute atomic E-state index is 0.0799. The highest BCUT2D eigenvalue weighted by Crippen LogP contribution is 2.54. The van der Waals surface area contributed by atoms with Crippen molar-refractivity contribution in [3.8, 4) is 0 Å². The molecule has 140 valence electrons. The molecule has 1 heterocycles. The van der Waals surface area contributed by atoms with Crippen LogP contribution in [0.1, 0.15) is 44.5 Å². The van der Waals surface area contributed by atoms with Gasteiger partial charge in [-0.25, -0.2) is 9.59 Å². The first kappa shape index (κ1) is 17.8. The number of carbonyl (C=O) groups is 2. The summed E-state index contributed by atoms with van der Waals surface area (Å²) in [4.78, 5) is 24.6. The minimum atomic E-state index is -0.290. The first-order valence-corrected chi connectivity index (χ1v) is 9.43. The molecular formula is C23H24O4. The van der Waals surface area contributed by atoms with Gasteiger partial charge >= 0.3 is 11.9 Å². The Morgan fingerprint density at radius 3 is 2.63 bits per heavy atom. The summed E-state index contributed by atoms with van der Waals surface area (Å²) in [7, 11) is 0. The molecule has 3 aliphatic rings. The average molecular weight is 364 g/mol. The molecule has 4 rings (SSSR count). The molecule has 0 amide bonds. The lowest BCUT2D eigenvalue weighted by Crippen LogP contribution is -2.45. The predicted molar refractivity (Wildman–Crippen MR) is 102 cm³/mol. The molecule has 0 N–H and O–H groups in total. The molecule has 0 saturated heterocycles. The van der Waals surface area contributed by atoms with Gasteiger partial charge in [-0.3, -0.25) is 0 Å². The van der Waals surface area contributed by atoms with Crippen LogP contribution in [0.25, 0.3) is 0 Å². The predicted octanol–water partition coefficient (Wildman–Crippen LogP) is 4.59. The summed E-state index contributed by atoms with van der Waals surface area (Å²) in [6.07, 6.45) is 4.65. The van der Waals surface area contributed by atoms with Gasteiger partial charge in [0.15, 0.2) is 0 Å². The van der Waals surface area contributed by atoms with E-state index < -0.39 is 0 Å². The zero-order chi connectivity index (χ0) is 19.3. The Bertz CT molecular complexity index is 906. The van der Waals surface area contributed by atoms with Gasteiger partial charge in [-0.2, -0.15) is 0 Å². The number of carbonyl (C=O) groups excluding carboxylic acids is 2. The van der Waals surface area contributed by atoms with Gasteiger partial charge in [-0.15, -0.1) is 0 Å². The third-order valence-electron chi connectivity index (χ3n) is 6.46. The quantitative estimate of drug-likeness (QED) is 0.720. The fourth-order valence-corrected chi connectivity index (χ4v) is 4.49. The van der Waals surface area contributed by atoms with Crippen molar-refractivity contribution >= 4 is 11.9 Å². The molecule has 1 aliphatic heterocycles. The molecule has 4 nitrogen and oxygen atoms in total. The van der Waals surface area contributed by atoms with Crippen molar-refractivity contribution < 1.29 is 19.1 Å². The third kappa shape index (κ3) is 2.75. The zero-order valence-corrected chi connectivity index (χ0v) is 16.1. The smallest absolute Gasteiger partial charge is 0.339 e. The Hall–Kier alpha value is -2.62. The highest BCUT2D eigenvalue weighted by atomic mass is 16.5. The number of hydrogen-bond donors (Lipinski definition) is 0. The Morgan fingerprint density at radius 2 is 1.93 bits per heavy atom. The van der Waals surface area contributed by atoms with Crippen LogP contribution in [0.15, 0.2) is 65.0 Å². The van der Waals surface area contributed by atoms with E-state index in [4.69, 9.17) is 9.47 Å². The van der Waals surface area contributed by atoms with Gasteiger partial charge < -0.3 is 9.47 Å². The van der Waals surface area contributed by atoms with Crippen LogP contribution >= 0.6 is 0 Å². The van der Waals surface area contributed by atoms with Crippen LogP contribution in [0.4, 0.5) is 0 Å². The van der Waals surface area contributed by atoms with E-state index in [0.717, 1.165) is 17.6 Å².